The Morgan fingerprint density at radius 3 is 2.25 bits per heavy atom. The van der Waals surface area contributed by atoms with Crippen molar-refractivity contribution in [3.8, 4) is 5.75 Å². The van der Waals surface area contributed by atoms with Gasteiger partial charge in [0.25, 0.3) is 11.8 Å². The third kappa shape index (κ3) is 2.22. The molecule has 0 atom stereocenters. The number of aromatic hydroxyl groups is 1. The number of anilines is 1. The first-order chi connectivity index (χ1) is 9.66. The Hall–Kier alpha value is -2.10. The van der Waals surface area contributed by atoms with E-state index in [1.54, 1.807) is 6.07 Å². The molecular formula is C16H17NO3. The van der Waals surface area contributed by atoms with Crippen molar-refractivity contribution in [3.63, 3.8) is 0 Å². The summed E-state index contributed by atoms with van der Waals surface area (Å²) < 4.78 is 0. The smallest absolute Gasteiger partial charge is 0.258 e. The molecule has 1 fully saturated rings. The van der Waals surface area contributed by atoms with E-state index in [1.807, 2.05) is 6.07 Å². The van der Waals surface area contributed by atoms with E-state index in [9.17, 15) is 14.7 Å². The van der Waals surface area contributed by atoms with Crippen LogP contribution in [0.4, 0.5) is 5.69 Å². The minimum absolute atomic E-state index is 0.182. The molecule has 20 heavy (non-hydrogen) atoms. The Morgan fingerprint density at radius 1 is 1.00 bits per heavy atom. The number of phenols is 1. The lowest BCUT2D eigenvalue weighted by atomic mass is 9.83. The van der Waals surface area contributed by atoms with Crippen molar-refractivity contribution < 1.29 is 14.7 Å². The molecule has 1 aliphatic heterocycles. The summed E-state index contributed by atoms with van der Waals surface area (Å²) in [6, 6.07) is 5.11. The van der Waals surface area contributed by atoms with Crippen LogP contribution >= 0.6 is 0 Å². The van der Waals surface area contributed by atoms with E-state index in [-0.39, 0.29) is 17.6 Å². The van der Waals surface area contributed by atoms with Gasteiger partial charge in [0.1, 0.15) is 5.75 Å². The number of phenolic OH excluding ortho intramolecular Hbond substituents is 1. The van der Waals surface area contributed by atoms with Crippen molar-refractivity contribution >= 4 is 17.5 Å². The molecule has 1 aromatic carbocycles. The molecule has 0 spiro atoms. The highest BCUT2D eigenvalue weighted by atomic mass is 16.3. The quantitative estimate of drug-likeness (QED) is 0.841. The highest BCUT2D eigenvalue weighted by molar-refractivity contribution is 6.28. The van der Waals surface area contributed by atoms with Crippen molar-refractivity contribution in [3.05, 3.63) is 35.9 Å². The third-order valence-electron chi connectivity index (χ3n) is 4.13. The molecule has 0 aromatic heterocycles. The van der Waals surface area contributed by atoms with Crippen LogP contribution in [0, 0.1) is 0 Å². The fraction of sp³-hybridized carbons (Fsp3) is 0.375. The van der Waals surface area contributed by atoms with Crippen LogP contribution in [0.2, 0.25) is 0 Å². The van der Waals surface area contributed by atoms with Crippen molar-refractivity contribution in [2.24, 2.45) is 0 Å². The largest absolute Gasteiger partial charge is 0.508 e. The van der Waals surface area contributed by atoms with E-state index in [1.165, 1.54) is 37.5 Å². The fourth-order valence-electron chi connectivity index (χ4n) is 3.08. The first-order valence-corrected chi connectivity index (χ1v) is 7.06. The molecule has 1 saturated carbocycles. The molecule has 4 heteroatoms. The first kappa shape index (κ1) is 12.9. The molecule has 0 radical (unpaired) electrons. The summed E-state index contributed by atoms with van der Waals surface area (Å²) >= 11 is 0. The fourth-order valence-corrected chi connectivity index (χ4v) is 3.08. The lowest BCUT2D eigenvalue weighted by molar-refractivity contribution is -0.119. The van der Waals surface area contributed by atoms with Crippen LogP contribution < -0.4 is 4.90 Å². The number of carbonyl (C=O) groups is 2. The van der Waals surface area contributed by atoms with Crippen LogP contribution in [0.5, 0.6) is 5.75 Å². The van der Waals surface area contributed by atoms with Gasteiger partial charge in [-0.15, -0.1) is 0 Å². The summed E-state index contributed by atoms with van der Waals surface area (Å²) in [4.78, 5) is 24.3. The monoisotopic (exact) mass is 271 g/mol. The van der Waals surface area contributed by atoms with Crippen LogP contribution in [0.25, 0.3) is 0 Å². The highest BCUT2D eigenvalue weighted by Gasteiger charge is 2.26. The Labute approximate surface area is 117 Å². The van der Waals surface area contributed by atoms with Crippen LogP contribution in [0.3, 0.4) is 0 Å². The number of imide groups is 1. The zero-order valence-electron chi connectivity index (χ0n) is 11.2. The Morgan fingerprint density at radius 2 is 1.65 bits per heavy atom. The number of carbonyl (C=O) groups excluding carboxylic acids is 2. The summed E-state index contributed by atoms with van der Waals surface area (Å²) in [5, 5.41) is 10.2. The molecule has 2 amide bonds. The molecule has 1 N–H and O–H groups in total. The lowest BCUT2D eigenvalue weighted by Gasteiger charge is -2.23. The first-order valence-electron chi connectivity index (χ1n) is 7.06. The molecular weight excluding hydrogens is 254 g/mol. The predicted molar refractivity (Wildman–Crippen MR) is 75.6 cm³/mol. The maximum atomic E-state index is 11.6. The van der Waals surface area contributed by atoms with Crippen LogP contribution in [-0.4, -0.2) is 16.9 Å². The SMILES string of the molecule is O=C1C=CC(=O)N1c1ccc(C2CCCCC2)c(O)c1. The van der Waals surface area contributed by atoms with Gasteiger partial charge in [0, 0.05) is 18.2 Å². The van der Waals surface area contributed by atoms with E-state index < -0.39 is 0 Å². The number of nitrogens with zero attached hydrogens (tertiary/aromatic N) is 1. The van der Waals surface area contributed by atoms with E-state index >= 15 is 0 Å². The molecule has 1 heterocycles. The number of rotatable bonds is 2. The number of amides is 2. The van der Waals surface area contributed by atoms with Gasteiger partial charge in [-0.2, -0.15) is 0 Å². The molecule has 1 aliphatic carbocycles. The van der Waals surface area contributed by atoms with Gasteiger partial charge in [-0.25, -0.2) is 4.90 Å². The van der Waals surface area contributed by atoms with Crippen molar-refractivity contribution in [1.29, 1.82) is 0 Å². The van der Waals surface area contributed by atoms with Gasteiger partial charge in [-0.3, -0.25) is 9.59 Å². The summed E-state index contributed by atoms with van der Waals surface area (Å²) in [5.74, 6) is -0.151. The Bertz CT molecular complexity index is 567. The van der Waals surface area contributed by atoms with E-state index in [0.29, 0.717) is 11.6 Å². The number of benzene rings is 1. The zero-order valence-corrected chi connectivity index (χ0v) is 11.2. The summed E-state index contributed by atoms with van der Waals surface area (Å²) in [6.45, 7) is 0. The second kappa shape index (κ2) is 5.12. The Kier molecular flexibility index (Phi) is 3.30. The van der Waals surface area contributed by atoms with Gasteiger partial charge in [0.15, 0.2) is 0 Å². The van der Waals surface area contributed by atoms with Gasteiger partial charge in [-0.05, 0) is 30.4 Å². The maximum absolute atomic E-state index is 11.6. The van der Waals surface area contributed by atoms with Gasteiger partial charge < -0.3 is 5.11 Å². The average Bonchev–Trinajstić information content (AvgIpc) is 2.79. The second-order valence-corrected chi connectivity index (χ2v) is 5.42. The van der Waals surface area contributed by atoms with Crippen molar-refractivity contribution in [1.82, 2.24) is 0 Å². The Balaban J connectivity index is 1.87. The predicted octanol–water partition coefficient (Wildman–Crippen LogP) is 2.87. The summed E-state index contributed by atoms with van der Waals surface area (Å²) in [5.41, 5.74) is 1.36. The van der Waals surface area contributed by atoms with Crippen molar-refractivity contribution in [2.45, 2.75) is 38.0 Å². The molecule has 0 bridgehead atoms. The molecule has 2 aliphatic rings. The third-order valence-corrected chi connectivity index (χ3v) is 4.13. The van der Waals surface area contributed by atoms with E-state index in [0.717, 1.165) is 23.3 Å². The van der Waals surface area contributed by atoms with E-state index in [4.69, 9.17) is 0 Å². The van der Waals surface area contributed by atoms with Crippen LogP contribution in [0.1, 0.15) is 43.6 Å². The lowest BCUT2D eigenvalue weighted by Crippen LogP contribution is -2.29. The average molecular weight is 271 g/mol. The number of hydrogen-bond acceptors (Lipinski definition) is 3. The minimum atomic E-state index is -0.361. The van der Waals surface area contributed by atoms with Crippen LogP contribution in [-0.2, 0) is 9.59 Å². The molecule has 0 unspecified atom stereocenters. The van der Waals surface area contributed by atoms with Gasteiger partial charge in [0.2, 0.25) is 0 Å². The van der Waals surface area contributed by atoms with Gasteiger partial charge in [0.05, 0.1) is 5.69 Å². The molecule has 4 nitrogen and oxygen atoms in total. The maximum Gasteiger partial charge on any atom is 0.258 e. The topological polar surface area (TPSA) is 57.6 Å². The van der Waals surface area contributed by atoms with E-state index in [2.05, 4.69) is 0 Å². The highest BCUT2D eigenvalue weighted by Crippen LogP contribution is 2.38. The standard InChI is InChI=1S/C16H17NO3/c18-14-10-12(17-15(19)8-9-16(17)20)6-7-13(14)11-4-2-1-3-5-11/h6-11,18H,1-5H2. The van der Waals surface area contributed by atoms with Crippen molar-refractivity contribution in [2.75, 3.05) is 4.90 Å². The normalized spacial score (nSPS) is 19.9. The molecule has 104 valence electrons. The summed E-state index contributed by atoms with van der Waals surface area (Å²) in [6.07, 6.45) is 8.32. The molecule has 3 rings (SSSR count). The molecule has 1 aromatic rings. The second-order valence-electron chi connectivity index (χ2n) is 5.42. The number of hydrogen-bond donors (Lipinski definition) is 1. The molecule has 0 saturated heterocycles. The minimum Gasteiger partial charge on any atom is -0.508 e. The van der Waals surface area contributed by atoms with Gasteiger partial charge >= 0.3 is 0 Å². The van der Waals surface area contributed by atoms with Gasteiger partial charge in [-0.1, -0.05) is 25.3 Å². The van der Waals surface area contributed by atoms with Crippen LogP contribution in [0.15, 0.2) is 30.4 Å². The zero-order chi connectivity index (χ0) is 14.1. The summed E-state index contributed by atoms with van der Waals surface area (Å²) in [7, 11) is 0.